The SMILES string of the molecule is CNC(=O)c1cncc(-c2ccc3cnc(NC(=O)C4CCN(C)CC4)cc3n2)c1. The molecule has 30 heavy (non-hydrogen) atoms. The largest absolute Gasteiger partial charge is 0.355 e. The van der Waals surface area contributed by atoms with E-state index in [4.69, 9.17) is 4.98 Å². The van der Waals surface area contributed by atoms with Crippen molar-refractivity contribution in [2.24, 2.45) is 5.92 Å². The van der Waals surface area contributed by atoms with Gasteiger partial charge >= 0.3 is 0 Å². The number of carbonyl (C=O) groups excluding carboxylic acids is 2. The van der Waals surface area contributed by atoms with Crippen LogP contribution >= 0.6 is 0 Å². The Kier molecular flexibility index (Phi) is 5.67. The standard InChI is InChI=1S/C22H24N6O2/c1-23-21(29)17-9-16(11-24-12-17)18-4-3-15-13-25-20(10-19(15)26-18)27-22(30)14-5-7-28(2)8-6-14/h3-4,9-14H,5-8H2,1-2H3,(H,23,29)(H,25,27,30). The van der Waals surface area contributed by atoms with Crippen LogP contribution in [0.1, 0.15) is 23.2 Å². The van der Waals surface area contributed by atoms with Crippen LogP contribution in [-0.2, 0) is 4.79 Å². The Morgan fingerprint density at radius 1 is 1.10 bits per heavy atom. The van der Waals surface area contributed by atoms with Gasteiger partial charge in [-0.1, -0.05) is 0 Å². The first-order chi connectivity index (χ1) is 14.5. The Morgan fingerprint density at radius 2 is 1.90 bits per heavy atom. The minimum atomic E-state index is -0.201. The quantitative estimate of drug-likeness (QED) is 0.692. The lowest BCUT2D eigenvalue weighted by Gasteiger charge is -2.27. The van der Waals surface area contributed by atoms with Crippen molar-refractivity contribution < 1.29 is 9.59 Å². The molecule has 154 valence electrons. The topological polar surface area (TPSA) is 100 Å². The number of aromatic nitrogens is 3. The van der Waals surface area contributed by atoms with Crippen LogP contribution in [-0.4, -0.2) is 58.9 Å². The zero-order valence-electron chi connectivity index (χ0n) is 17.1. The summed E-state index contributed by atoms with van der Waals surface area (Å²) in [6.07, 6.45) is 6.60. The highest BCUT2D eigenvalue weighted by molar-refractivity contribution is 5.95. The number of carbonyl (C=O) groups is 2. The number of rotatable bonds is 4. The van der Waals surface area contributed by atoms with Crippen LogP contribution in [0.15, 0.2) is 42.9 Å². The maximum Gasteiger partial charge on any atom is 0.252 e. The first-order valence-electron chi connectivity index (χ1n) is 9.97. The molecular formula is C22H24N6O2. The van der Waals surface area contributed by atoms with E-state index in [1.807, 2.05) is 12.1 Å². The summed E-state index contributed by atoms with van der Waals surface area (Å²) in [7, 11) is 3.65. The van der Waals surface area contributed by atoms with Gasteiger partial charge in [-0.25, -0.2) is 9.97 Å². The third-order valence-electron chi connectivity index (χ3n) is 5.44. The number of likely N-dealkylation sites (tertiary alicyclic amines) is 1. The van der Waals surface area contributed by atoms with Crippen molar-refractivity contribution >= 4 is 28.5 Å². The van der Waals surface area contributed by atoms with Gasteiger partial charge in [-0.3, -0.25) is 14.6 Å². The second-order valence-electron chi connectivity index (χ2n) is 7.57. The Balaban J connectivity index is 1.57. The number of amides is 2. The van der Waals surface area contributed by atoms with E-state index in [1.165, 1.54) is 6.20 Å². The molecular weight excluding hydrogens is 380 g/mol. The lowest BCUT2D eigenvalue weighted by atomic mass is 9.96. The number of fused-ring (bicyclic) bond motifs is 1. The third kappa shape index (κ3) is 4.28. The molecule has 8 nitrogen and oxygen atoms in total. The molecule has 8 heteroatoms. The molecule has 0 aliphatic carbocycles. The van der Waals surface area contributed by atoms with Gasteiger partial charge in [0, 0.05) is 48.6 Å². The first-order valence-corrected chi connectivity index (χ1v) is 9.97. The van der Waals surface area contributed by atoms with Gasteiger partial charge in [0.1, 0.15) is 5.82 Å². The van der Waals surface area contributed by atoms with Crippen LogP contribution in [0, 0.1) is 5.92 Å². The van der Waals surface area contributed by atoms with E-state index in [0.717, 1.165) is 36.9 Å². The molecule has 1 fully saturated rings. The predicted molar refractivity (Wildman–Crippen MR) is 115 cm³/mol. The van der Waals surface area contributed by atoms with Crippen molar-refractivity contribution in [1.82, 2.24) is 25.2 Å². The van der Waals surface area contributed by atoms with Gasteiger partial charge in [-0.15, -0.1) is 0 Å². The lowest BCUT2D eigenvalue weighted by Crippen LogP contribution is -2.36. The van der Waals surface area contributed by atoms with Crippen molar-refractivity contribution in [3.63, 3.8) is 0 Å². The zero-order valence-corrected chi connectivity index (χ0v) is 17.1. The summed E-state index contributed by atoms with van der Waals surface area (Å²) in [6, 6.07) is 7.32. The van der Waals surface area contributed by atoms with Gasteiger partial charge in [-0.05, 0) is 51.2 Å². The highest BCUT2D eigenvalue weighted by atomic mass is 16.2. The van der Waals surface area contributed by atoms with Crippen molar-refractivity contribution in [3.8, 4) is 11.3 Å². The van der Waals surface area contributed by atoms with E-state index < -0.39 is 0 Å². The molecule has 0 radical (unpaired) electrons. The summed E-state index contributed by atoms with van der Waals surface area (Å²) in [6.45, 7) is 1.86. The van der Waals surface area contributed by atoms with Crippen LogP contribution < -0.4 is 10.6 Å². The smallest absolute Gasteiger partial charge is 0.252 e. The second-order valence-corrected chi connectivity index (χ2v) is 7.57. The molecule has 1 aliphatic heterocycles. The van der Waals surface area contributed by atoms with Crippen molar-refractivity contribution in [1.29, 1.82) is 0 Å². The summed E-state index contributed by atoms with van der Waals surface area (Å²) >= 11 is 0. The molecule has 4 heterocycles. The van der Waals surface area contributed by atoms with Crippen molar-refractivity contribution in [2.45, 2.75) is 12.8 Å². The van der Waals surface area contributed by atoms with Crippen LogP contribution in [0.2, 0.25) is 0 Å². The molecule has 0 atom stereocenters. The number of hydrogen-bond donors (Lipinski definition) is 2. The van der Waals surface area contributed by atoms with E-state index in [2.05, 4.69) is 32.5 Å². The van der Waals surface area contributed by atoms with E-state index in [-0.39, 0.29) is 17.7 Å². The second kappa shape index (κ2) is 8.54. The molecule has 2 N–H and O–H groups in total. The number of hydrogen-bond acceptors (Lipinski definition) is 6. The number of anilines is 1. The van der Waals surface area contributed by atoms with Gasteiger partial charge in [-0.2, -0.15) is 0 Å². The van der Waals surface area contributed by atoms with Gasteiger partial charge in [0.25, 0.3) is 5.91 Å². The van der Waals surface area contributed by atoms with Crippen LogP contribution in [0.3, 0.4) is 0 Å². The van der Waals surface area contributed by atoms with E-state index >= 15 is 0 Å². The van der Waals surface area contributed by atoms with E-state index in [9.17, 15) is 9.59 Å². The highest BCUT2D eigenvalue weighted by Crippen LogP contribution is 2.23. The first kappa shape index (κ1) is 19.9. The molecule has 0 spiro atoms. The summed E-state index contributed by atoms with van der Waals surface area (Å²) < 4.78 is 0. The lowest BCUT2D eigenvalue weighted by molar-refractivity contribution is -0.121. The number of nitrogens with zero attached hydrogens (tertiary/aromatic N) is 4. The van der Waals surface area contributed by atoms with Gasteiger partial charge < -0.3 is 15.5 Å². The van der Waals surface area contributed by atoms with Gasteiger partial charge in [0.05, 0.1) is 16.8 Å². The monoisotopic (exact) mass is 404 g/mol. The average Bonchev–Trinajstić information content (AvgIpc) is 2.78. The average molecular weight is 404 g/mol. The van der Waals surface area contributed by atoms with Crippen LogP contribution in [0.5, 0.6) is 0 Å². The minimum Gasteiger partial charge on any atom is -0.355 e. The fraction of sp³-hybridized carbons (Fsp3) is 0.318. The van der Waals surface area contributed by atoms with Crippen LogP contribution in [0.25, 0.3) is 22.2 Å². The summed E-state index contributed by atoms with van der Waals surface area (Å²) in [5.74, 6) is 0.312. The number of piperidine rings is 1. The summed E-state index contributed by atoms with van der Waals surface area (Å²) in [5, 5.41) is 6.40. The molecule has 0 saturated carbocycles. The van der Waals surface area contributed by atoms with Crippen molar-refractivity contribution in [3.05, 3.63) is 48.4 Å². The van der Waals surface area contributed by atoms with E-state index in [1.54, 1.807) is 31.6 Å². The molecule has 0 unspecified atom stereocenters. The number of nitrogens with one attached hydrogen (secondary N) is 2. The summed E-state index contributed by atoms with van der Waals surface area (Å²) in [5.41, 5.74) is 2.62. The molecule has 0 aromatic carbocycles. The van der Waals surface area contributed by atoms with Crippen molar-refractivity contribution in [2.75, 3.05) is 32.5 Å². The Hall–Kier alpha value is -3.39. The predicted octanol–water partition coefficient (Wildman–Crippen LogP) is 2.33. The van der Waals surface area contributed by atoms with Gasteiger partial charge in [0.2, 0.25) is 5.91 Å². The maximum atomic E-state index is 12.6. The van der Waals surface area contributed by atoms with Gasteiger partial charge in [0.15, 0.2) is 0 Å². The highest BCUT2D eigenvalue weighted by Gasteiger charge is 2.23. The fourth-order valence-corrected chi connectivity index (χ4v) is 3.59. The Labute approximate surface area is 174 Å². The maximum absolute atomic E-state index is 12.6. The van der Waals surface area contributed by atoms with Crippen LogP contribution in [0.4, 0.5) is 5.82 Å². The molecule has 4 rings (SSSR count). The molecule has 1 saturated heterocycles. The Morgan fingerprint density at radius 3 is 2.67 bits per heavy atom. The molecule has 3 aromatic heterocycles. The fourth-order valence-electron chi connectivity index (χ4n) is 3.59. The Bertz CT molecular complexity index is 1090. The number of pyridine rings is 3. The molecule has 2 amide bonds. The third-order valence-corrected chi connectivity index (χ3v) is 5.44. The summed E-state index contributed by atoms with van der Waals surface area (Å²) in [4.78, 5) is 39.9. The molecule has 0 bridgehead atoms. The zero-order chi connectivity index (χ0) is 21.1. The minimum absolute atomic E-state index is 0.00795. The normalized spacial score (nSPS) is 15.1. The molecule has 3 aromatic rings. The molecule has 1 aliphatic rings. The van der Waals surface area contributed by atoms with E-state index in [0.29, 0.717) is 22.6 Å².